The zero-order valence-corrected chi connectivity index (χ0v) is 25.4. The van der Waals surface area contributed by atoms with Gasteiger partial charge in [0.25, 0.3) is 0 Å². The maximum Gasteiger partial charge on any atom is 0.339 e. The number of rotatable bonds is 6. The van der Waals surface area contributed by atoms with Gasteiger partial charge in [0.2, 0.25) is 0 Å². The Bertz CT molecular complexity index is 1830. The maximum absolute atomic E-state index is 13.5. The summed E-state index contributed by atoms with van der Waals surface area (Å²) in [5.74, 6) is 0.827. The van der Waals surface area contributed by atoms with Gasteiger partial charge < -0.3 is 4.18 Å². The Morgan fingerprint density at radius 1 is 1.05 bits per heavy atom. The monoisotopic (exact) mass is 601 g/mol. The first kappa shape index (κ1) is 27.3. The topological polar surface area (TPSA) is 91.2 Å². The van der Waals surface area contributed by atoms with Gasteiger partial charge in [-0.3, -0.25) is 9.48 Å². The Labute approximate surface area is 251 Å². The molecule has 0 N–H and O–H groups in total. The van der Waals surface area contributed by atoms with Crippen molar-refractivity contribution in [2.75, 3.05) is 0 Å². The molecule has 0 unspecified atom stereocenters. The summed E-state index contributed by atoms with van der Waals surface area (Å²) in [5, 5.41) is 9.57. The first-order chi connectivity index (χ1) is 20.0. The molecule has 2 saturated carbocycles. The van der Waals surface area contributed by atoms with Crippen molar-refractivity contribution in [1.82, 2.24) is 15.0 Å². The second-order valence-electron chi connectivity index (χ2n) is 12.6. The second-order valence-corrected chi connectivity index (χ2v) is 14.6. The van der Waals surface area contributed by atoms with Gasteiger partial charge in [0, 0.05) is 28.3 Å². The molecule has 4 aromatic rings. The normalized spacial score (nSPS) is 26.2. The number of hydrogen-bond acceptors (Lipinski definition) is 6. The maximum atomic E-state index is 13.5. The fourth-order valence-electron chi connectivity index (χ4n) is 7.92. The van der Waals surface area contributed by atoms with E-state index in [9.17, 15) is 13.2 Å². The third kappa shape index (κ3) is 4.21. The fourth-order valence-corrected chi connectivity index (χ4v) is 9.03. The van der Waals surface area contributed by atoms with Crippen molar-refractivity contribution in [2.24, 2.45) is 10.8 Å². The highest BCUT2D eigenvalue weighted by Crippen LogP contribution is 2.72. The van der Waals surface area contributed by atoms with E-state index in [1.807, 2.05) is 55.1 Å². The van der Waals surface area contributed by atoms with Crippen LogP contribution in [0.3, 0.4) is 0 Å². The Kier molecular flexibility index (Phi) is 6.19. The lowest BCUT2D eigenvalue weighted by molar-refractivity contribution is -0.125. The van der Waals surface area contributed by atoms with E-state index in [1.165, 1.54) is 5.56 Å². The first-order valence-corrected chi connectivity index (χ1v) is 16.1. The number of hydrogen-bond donors (Lipinski definition) is 0. The van der Waals surface area contributed by atoms with Crippen molar-refractivity contribution in [2.45, 2.75) is 69.7 Å². The molecule has 1 aromatic heterocycles. The molecule has 216 valence electrons. The van der Waals surface area contributed by atoms with Crippen LogP contribution in [0.15, 0.2) is 71.8 Å². The summed E-state index contributed by atoms with van der Waals surface area (Å²) in [4.78, 5) is 13.6. The van der Waals surface area contributed by atoms with E-state index in [0.717, 1.165) is 47.2 Å². The summed E-state index contributed by atoms with van der Waals surface area (Å²) in [6.07, 6.45) is 5.07. The van der Waals surface area contributed by atoms with E-state index in [1.54, 1.807) is 30.3 Å². The van der Waals surface area contributed by atoms with E-state index in [4.69, 9.17) is 15.8 Å². The van der Waals surface area contributed by atoms with Crippen molar-refractivity contribution < 1.29 is 17.4 Å². The van der Waals surface area contributed by atoms with Gasteiger partial charge >= 0.3 is 10.1 Å². The highest BCUT2D eigenvalue weighted by molar-refractivity contribution is 7.87. The summed E-state index contributed by atoms with van der Waals surface area (Å²) in [7, 11) is -4.02. The molecule has 4 atom stereocenters. The lowest BCUT2D eigenvalue weighted by Gasteiger charge is -2.42. The molecule has 7 nitrogen and oxygen atoms in total. The van der Waals surface area contributed by atoms with Crippen molar-refractivity contribution in [3.8, 4) is 17.0 Å². The van der Waals surface area contributed by atoms with E-state index in [-0.39, 0.29) is 27.6 Å². The quantitative estimate of drug-likeness (QED) is 0.221. The Morgan fingerprint density at radius 3 is 2.52 bits per heavy atom. The van der Waals surface area contributed by atoms with Gasteiger partial charge in [0.1, 0.15) is 22.1 Å². The van der Waals surface area contributed by atoms with Gasteiger partial charge in [0.15, 0.2) is 0 Å². The molecular formula is C33H32ClN3O4S. The number of halogens is 1. The number of aryl methyl sites for hydroxylation is 1. The van der Waals surface area contributed by atoms with E-state index < -0.39 is 10.1 Å². The molecule has 42 heavy (non-hydrogen) atoms. The molecule has 9 heteroatoms. The van der Waals surface area contributed by atoms with Crippen molar-refractivity contribution in [3.05, 3.63) is 94.1 Å². The summed E-state index contributed by atoms with van der Waals surface area (Å²) in [6, 6.07) is 18.0. The minimum Gasteiger partial charge on any atom is -0.379 e. The predicted molar refractivity (Wildman–Crippen MR) is 160 cm³/mol. The van der Waals surface area contributed by atoms with Crippen LogP contribution < -0.4 is 4.18 Å². The number of aromatic nitrogens is 3. The molecule has 0 radical (unpaired) electrons. The highest BCUT2D eigenvalue weighted by atomic mass is 35.5. The van der Waals surface area contributed by atoms with E-state index in [2.05, 4.69) is 17.2 Å². The van der Waals surface area contributed by atoms with Crippen LogP contribution in [0.1, 0.15) is 66.7 Å². The number of benzene rings is 3. The molecule has 0 saturated heterocycles. The lowest BCUT2D eigenvalue weighted by Crippen LogP contribution is -2.35. The molecule has 0 amide bonds. The SMILES string of the molecule is Cc1ccc(S(=O)(=O)Oc2ccc3c(c2C)[C@H](Cn2cc(-c4ccc(Cl)cc4)nn2)[C@@]24CC(=O)[C@@](C)(CC[C@@H]32)C4)cc1. The van der Waals surface area contributed by atoms with Gasteiger partial charge in [-0.1, -0.05) is 59.6 Å². The van der Waals surface area contributed by atoms with Crippen molar-refractivity contribution in [3.63, 3.8) is 0 Å². The molecular weight excluding hydrogens is 570 g/mol. The average molecular weight is 602 g/mol. The first-order valence-electron chi connectivity index (χ1n) is 14.3. The molecule has 2 bridgehead atoms. The largest absolute Gasteiger partial charge is 0.379 e. The van der Waals surface area contributed by atoms with E-state index >= 15 is 0 Å². The Hall–Kier alpha value is -3.49. The van der Waals surface area contributed by atoms with E-state index in [0.29, 0.717) is 29.5 Å². The number of ketones is 1. The summed E-state index contributed by atoms with van der Waals surface area (Å²) in [5.41, 5.74) is 5.14. The molecule has 3 aliphatic carbocycles. The molecule has 3 aromatic carbocycles. The summed E-state index contributed by atoms with van der Waals surface area (Å²) < 4.78 is 34.2. The minimum absolute atomic E-state index is 0.0472. The Balaban J connectivity index is 1.30. The highest BCUT2D eigenvalue weighted by Gasteiger charge is 2.65. The minimum atomic E-state index is -4.02. The van der Waals surface area contributed by atoms with Gasteiger partial charge in [-0.25, -0.2) is 0 Å². The molecule has 0 aliphatic heterocycles. The smallest absolute Gasteiger partial charge is 0.339 e. The molecule has 3 aliphatic rings. The average Bonchev–Trinajstić information content (AvgIpc) is 3.58. The molecule has 7 rings (SSSR count). The third-order valence-electron chi connectivity index (χ3n) is 10.0. The molecule has 1 spiro atoms. The van der Waals surface area contributed by atoms with Gasteiger partial charge in [-0.15, -0.1) is 5.10 Å². The van der Waals surface area contributed by atoms with Crippen molar-refractivity contribution in [1.29, 1.82) is 0 Å². The summed E-state index contributed by atoms with van der Waals surface area (Å²) >= 11 is 6.08. The number of nitrogens with zero attached hydrogens (tertiary/aromatic N) is 3. The standard InChI is InChI=1S/C33H32ClN3O4S/c1-20-4-10-24(11-5-20)42(39,40)41-29-13-12-25-26-14-15-32(3)19-33(26,16-30(32)38)27(31(25)21(29)2)17-37-18-28(35-36-37)22-6-8-23(34)9-7-22/h4-13,18,26-27H,14-17,19H2,1-3H3/t26-,27-,32-,33+/m0/s1. The van der Waals surface area contributed by atoms with Crippen LogP contribution in [0, 0.1) is 24.7 Å². The van der Waals surface area contributed by atoms with Crippen LogP contribution in [0.5, 0.6) is 5.75 Å². The van der Waals surface area contributed by atoms with Crippen LogP contribution in [-0.2, 0) is 21.5 Å². The fraction of sp³-hybridized carbons (Fsp3) is 0.364. The number of carbonyl (C=O) groups excluding carboxylic acids is 1. The molecule has 1 heterocycles. The predicted octanol–water partition coefficient (Wildman–Crippen LogP) is 7.01. The zero-order chi connectivity index (χ0) is 29.4. The number of carbonyl (C=O) groups is 1. The van der Waals surface area contributed by atoms with Gasteiger partial charge in [-0.2, -0.15) is 8.42 Å². The van der Waals surface area contributed by atoms with Crippen molar-refractivity contribution >= 4 is 27.5 Å². The number of Topliss-reactive ketones (excluding diaryl/α,β-unsaturated/α-hetero) is 1. The second kappa shape index (κ2) is 9.51. The van der Waals surface area contributed by atoms with Crippen LogP contribution in [0.4, 0.5) is 0 Å². The molecule has 2 fully saturated rings. The van der Waals surface area contributed by atoms with Crippen LogP contribution in [0.2, 0.25) is 5.02 Å². The Morgan fingerprint density at radius 2 is 1.79 bits per heavy atom. The van der Waals surface area contributed by atoms with Crippen LogP contribution in [0.25, 0.3) is 11.3 Å². The van der Waals surface area contributed by atoms with Crippen LogP contribution >= 0.6 is 11.6 Å². The third-order valence-corrected chi connectivity index (χ3v) is 11.5. The van der Waals surface area contributed by atoms with Gasteiger partial charge in [0.05, 0.1) is 12.7 Å². The number of fused-ring (bicyclic) bond motifs is 3. The zero-order valence-electron chi connectivity index (χ0n) is 23.8. The lowest BCUT2D eigenvalue weighted by atomic mass is 9.61. The summed E-state index contributed by atoms with van der Waals surface area (Å²) in [6.45, 7) is 6.50. The van der Waals surface area contributed by atoms with Gasteiger partial charge in [-0.05, 0) is 91.5 Å². The van der Waals surface area contributed by atoms with Crippen LogP contribution in [-0.4, -0.2) is 29.2 Å².